The van der Waals surface area contributed by atoms with Gasteiger partial charge in [-0.2, -0.15) is 13.2 Å². The number of alkyl halides is 3. The molecule has 1 aromatic carbocycles. The van der Waals surface area contributed by atoms with Gasteiger partial charge in [0.15, 0.2) is 0 Å². The van der Waals surface area contributed by atoms with E-state index in [1.54, 1.807) is 22.6 Å². The van der Waals surface area contributed by atoms with E-state index in [4.69, 9.17) is 0 Å². The largest absolute Gasteiger partial charge is 0.416 e. The molecule has 0 unspecified atom stereocenters. The highest BCUT2D eigenvalue weighted by atomic mass is 127. The molecule has 1 amide bonds. The van der Waals surface area contributed by atoms with Gasteiger partial charge in [-0.3, -0.25) is 4.79 Å². The number of halogens is 5. The van der Waals surface area contributed by atoms with Gasteiger partial charge in [-0.05, 0) is 60.2 Å². The molecule has 1 saturated heterocycles. The first kappa shape index (κ1) is 18.5. The van der Waals surface area contributed by atoms with E-state index in [1.165, 1.54) is 6.07 Å². The quantitative estimate of drug-likeness (QED) is 0.702. The number of benzene rings is 1. The maximum Gasteiger partial charge on any atom is 0.416 e. The van der Waals surface area contributed by atoms with Gasteiger partial charge in [0.05, 0.1) is 5.56 Å². The number of piperidine rings is 1. The number of carbonyl (C=O) groups excluding carboxylic acids is 1. The lowest BCUT2D eigenvalue weighted by Gasteiger charge is -2.24. The van der Waals surface area contributed by atoms with E-state index in [9.17, 15) is 18.0 Å². The molecule has 1 fully saturated rings. The Balaban J connectivity index is 0.00000220. The topological polar surface area (TPSA) is 41.1 Å². The van der Waals surface area contributed by atoms with Crippen LogP contribution in [0.25, 0.3) is 0 Å². The number of nitrogens with one attached hydrogen (secondary N) is 2. The smallest absolute Gasteiger partial charge is 0.348 e. The Morgan fingerprint density at radius 3 is 2.62 bits per heavy atom. The van der Waals surface area contributed by atoms with Crippen molar-refractivity contribution in [3.05, 3.63) is 32.9 Å². The Kier molecular flexibility index (Phi) is 6.73. The first-order valence-corrected chi connectivity index (χ1v) is 7.33. The SMILES string of the molecule is Cl.O=C(N[C@H]1CCCNC1)c1cc(I)cc(C(F)(F)F)c1. The lowest BCUT2D eigenvalue weighted by Crippen LogP contribution is -2.45. The van der Waals surface area contributed by atoms with Crippen molar-refractivity contribution < 1.29 is 18.0 Å². The molecule has 21 heavy (non-hydrogen) atoms. The monoisotopic (exact) mass is 434 g/mol. The third-order valence-electron chi connectivity index (χ3n) is 3.12. The summed E-state index contributed by atoms with van der Waals surface area (Å²) in [5.74, 6) is -0.456. The van der Waals surface area contributed by atoms with Crippen LogP contribution in [0.15, 0.2) is 18.2 Å². The molecule has 0 bridgehead atoms. The highest BCUT2D eigenvalue weighted by Crippen LogP contribution is 2.31. The second kappa shape index (κ2) is 7.64. The Labute approximate surface area is 140 Å². The molecular weight excluding hydrogens is 420 g/mol. The lowest BCUT2D eigenvalue weighted by atomic mass is 10.1. The van der Waals surface area contributed by atoms with Crippen molar-refractivity contribution in [1.29, 1.82) is 0 Å². The van der Waals surface area contributed by atoms with Crippen LogP contribution in [0.2, 0.25) is 0 Å². The van der Waals surface area contributed by atoms with Gasteiger partial charge in [0.2, 0.25) is 0 Å². The highest BCUT2D eigenvalue weighted by Gasteiger charge is 2.31. The van der Waals surface area contributed by atoms with Gasteiger partial charge >= 0.3 is 6.18 Å². The van der Waals surface area contributed by atoms with Crippen LogP contribution in [0.3, 0.4) is 0 Å². The summed E-state index contributed by atoms with van der Waals surface area (Å²) in [5.41, 5.74) is -0.744. The summed E-state index contributed by atoms with van der Waals surface area (Å²) in [5, 5.41) is 5.91. The molecule has 0 aromatic heterocycles. The average molecular weight is 435 g/mol. The van der Waals surface area contributed by atoms with E-state index < -0.39 is 17.6 Å². The fourth-order valence-electron chi connectivity index (χ4n) is 2.13. The van der Waals surface area contributed by atoms with Gasteiger partial charge in [0.1, 0.15) is 0 Å². The zero-order valence-corrected chi connectivity index (χ0v) is 13.9. The first-order valence-electron chi connectivity index (χ1n) is 6.25. The van der Waals surface area contributed by atoms with Crippen LogP contribution in [0, 0.1) is 3.57 Å². The van der Waals surface area contributed by atoms with Crippen LogP contribution < -0.4 is 10.6 Å². The Hall–Kier alpha value is -0.540. The van der Waals surface area contributed by atoms with Crippen LogP contribution in [0.1, 0.15) is 28.8 Å². The number of hydrogen-bond acceptors (Lipinski definition) is 2. The molecule has 0 spiro atoms. The zero-order valence-electron chi connectivity index (χ0n) is 11.0. The van der Waals surface area contributed by atoms with Gasteiger partial charge in [-0.25, -0.2) is 0 Å². The minimum Gasteiger partial charge on any atom is -0.348 e. The van der Waals surface area contributed by atoms with Crippen molar-refractivity contribution in [2.75, 3.05) is 13.1 Å². The van der Waals surface area contributed by atoms with Crippen LogP contribution in [-0.4, -0.2) is 25.0 Å². The van der Waals surface area contributed by atoms with Crippen molar-refractivity contribution in [2.24, 2.45) is 0 Å². The summed E-state index contributed by atoms with van der Waals surface area (Å²) in [6, 6.07) is 3.36. The van der Waals surface area contributed by atoms with Gasteiger partial charge < -0.3 is 10.6 Å². The molecule has 1 atom stereocenters. The minimum atomic E-state index is -4.44. The number of amides is 1. The van der Waals surface area contributed by atoms with Gasteiger partial charge in [0, 0.05) is 21.7 Å². The molecule has 2 rings (SSSR count). The molecular formula is C13H15ClF3IN2O. The fraction of sp³-hybridized carbons (Fsp3) is 0.462. The second-order valence-electron chi connectivity index (χ2n) is 4.74. The second-order valence-corrected chi connectivity index (χ2v) is 5.99. The molecule has 1 aliphatic rings. The summed E-state index contributed by atoms with van der Waals surface area (Å²) >= 11 is 1.78. The summed E-state index contributed by atoms with van der Waals surface area (Å²) in [6.07, 6.45) is -2.65. The summed E-state index contributed by atoms with van der Waals surface area (Å²) < 4.78 is 38.6. The predicted molar refractivity (Wildman–Crippen MR) is 84.8 cm³/mol. The van der Waals surface area contributed by atoms with Crippen LogP contribution in [0.4, 0.5) is 13.2 Å². The molecule has 0 saturated carbocycles. The van der Waals surface area contributed by atoms with E-state index >= 15 is 0 Å². The number of hydrogen-bond donors (Lipinski definition) is 2. The van der Waals surface area contributed by atoms with Crippen LogP contribution in [0.5, 0.6) is 0 Å². The standard InChI is InChI=1S/C13H14F3IN2O.ClH/c14-13(15,16)9-4-8(5-10(17)6-9)12(20)19-11-2-1-3-18-7-11;/h4-6,11,18H,1-3,7H2,(H,19,20);1H/t11-;/m0./s1. The summed E-state index contributed by atoms with van der Waals surface area (Å²) in [4.78, 5) is 12.0. The predicted octanol–water partition coefficient (Wildman–Crippen LogP) is 3.21. The van der Waals surface area contributed by atoms with Crippen molar-refractivity contribution in [3.8, 4) is 0 Å². The van der Waals surface area contributed by atoms with Crippen molar-refractivity contribution in [2.45, 2.75) is 25.1 Å². The number of rotatable bonds is 2. The third-order valence-corrected chi connectivity index (χ3v) is 3.74. The van der Waals surface area contributed by atoms with Crippen molar-refractivity contribution in [3.63, 3.8) is 0 Å². The fourth-order valence-corrected chi connectivity index (χ4v) is 2.80. The van der Waals surface area contributed by atoms with Crippen LogP contribution >= 0.6 is 35.0 Å². The van der Waals surface area contributed by atoms with Crippen LogP contribution in [-0.2, 0) is 6.18 Å². The van der Waals surface area contributed by atoms with Crippen molar-refractivity contribution in [1.82, 2.24) is 10.6 Å². The lowest BCUT2D eigenvalue weighted by molar-refractivity contribution is -0.137. The Morgan fingerprint density at radius 1 is 1.33 bits per heavy atom. The first-order chi connectivity index (χ1) is 9.36. The molecule has 0 aliphatic carbocycles. The normalized spacial score (nSPS) is 18.8. The Morgan fingerprint density at radius 2 is 2.05 bits per heavy atom. The average Bonchev–Trinajstić information content (AvgIpc) is 2.38. The maximum absolute atomic E-state index is 12.7. The molecule has 0 radical (unpaired) electrons. The molecule has 2 N–H and O–H groups in total. The van der Waals surface area contributed by atoms with Gasteiger partial charge in [-0.15, -0.1) is 12.4 Å². The number of carbonyl (C=O) groups is 1. The van der Waals surface area contributed by atoms with Gasteiger partial charge in [0.25, 0.3) is 5.91 Å². The summed E-state index contributed by atoms with van der Waals surface area (Å²) in [6.45, 7) is 1.57. The van der Waals surface area contributed by atoms with E-state index in [1.807, 2.05) is 0 Å². The van der Waals surface area contributed by atoms with Crippen molar-refractivity contribution >= 4 is 40.9 Å². The van der Waals surface area contributed by atoms with E-state index in [-0.39, 0.29) is 24.0 Å². The molecule has 8 heteroatoms. The van der Waals surface area contributed by atoms with E-state index in [2.05, 4.69) is 10.6 Å². The molecule has 1 aliphatic heterocycles. The van der Waals surface area contributed by atoms with E-state index in [0.717, 1.165) is 31.5 Å². The van der Waals surface area contributed by atoms with E-state index in [0.29, 0.717) is 10.1 Å². The molecule has 3 nitrogen and oxygen atoms in total. The molecule has 1 heterocycles. The third kappa shape index (κ3) is 5.30. The Bertz CT molecular complexity index is 505. The molecule has 1 aromatic rings. The minimum absolute atomic E-state index is 0. The zero-order chi connectivity index (χ0) is 14.8. The maximum atomic E-state index is 12.7. The summed E-state index contributed by atoms with van der Waals surface area (Å²) in [7, 11) is 0. The van der Waals surface area contributed by atoms with Gasteiger partial charge in [-0.1, -0.05) is 0 Å². The highest BCUT2D eigenvalue weighted by molar-refractivity contribution is 14.1. The molecule has 118 valence electrons.